The van der Waals surface area contributed by atoms with Crippen molar-refractivity contribution in [1.29, 1.82) is 0 Å². The van der Waals surface area contributed by atoms with Gasteiger partial charge in [0.2, 0.25) is 0 Å². The van der Waals surface area contributed by atoms with Crippen LogP contribution in [-0.2, 0) is 11.3 Å². The maximum atomic E-state index is 12.3. The molecule has 29 heavy (non-hydrogen) atoms. The number of hydrogen-bond donors (Lipinski definition) is 1. The van der Waals surface area contributed by atoms with E-state index in [0.29, 0.717) is 18.7 Å². The summed E-state index contributed by atoms with van der Waals surface area (Å²) < 4.78 is 16.5. The van der Waals surface area contributed by atoms with E-state index in [-0.39, 0.29) is 18.1 Å². The Morgan fingerprint density at radius 3 is 2.28 bits per heavy atom. The first-order valence-electron chi connectivity index (χ1n) is 10.1. The molecule has 1 aliphatic heterocycles. The number of carbonyl (C=O) groups excluding carboxylic acids is 1. The highest BCUT2D eigenvalue weighted by molar-refractivity contribution is 5.94. The summed E-state index contributed by atoms with van der Waals surface area (Å²) in [7, 11) is 1.63. The van der Waals surface area contributed by atoms with Gasteiger partial charge in [0, 0.05) is 25.2 Å². The van der Waals surface area contributed by atoms with E-state index in [9.17, 15) is 4.79 Å². The average molecular weight is 399 g/mol. The van der Waals surface area contributed by atoms with Gasteiger partial charge in [0.25, 0.3) is 5.91 Å². The molecule has 0 aromatic heterocycles. The highest BCUT2D eigenvalue weighted by Gasteiger charge is 2.22. The van der Waals surface area contributed by atoms with E-state index in [0.717, 1.165) is 31.1 Å². The lowest BCUT2D eigenvalue weighted by Crippen LogP contribution is -2.44. The van der Waals surface area contributed by atoms with Crippen molar-refractivity contribution in [3.63, 3.8) is 0 Å². The second-order valence-electron chi connectivity index (χ2n) is 7.43. The minimum atomic E-state index is -0.0940. The summed E-state index contributed by atoms with van der Waals surface area (Å²) in [5, 5.41) is 2.89. The van der Waals surface area contributed by atoms with Gasteiger partial charge in [-0.25, -0.2) is 0 Å². The zero-order valence-corrected chi connectivity index (χ0v) is 17.4. The maximum Gasteiger partial charge on any atom is 0.251 e. The van der Waals surface area contributed by atoms with Crippen LogP contribution in [0.15, 0.2) is 48.5 Å². The van der Waals surface area contributed by atoms with Crippen LogP contribution >= 0.6 is 0 Å². The number of morpholine rings is 1. The highest BCUT2D eigenvalue weighted by atomic mass is 16.5. The standard InChI is InChI=1S/C23H30N2O4/c1-17-14-25(15-18(2)29-17)16-19-4-6-20(7-5-19)23(26)24-12-13-28-22-10-8-21(27-3)9-11-22/h4-11,17-18H,12-16H2,1-3H3,(H,24,26)/t17-,18-/m1/s1. The van der Waals surface area contributed by atoms with E-state index in [1.54, 1.807) is 7.11 Å². The van der Waals surface area contributed by atoms with Gasteiger partial charge in [0.05, 0.1) is 25.9 Å². The minimum Gasteiger partial charge on any atom is -0.497 e. The molecule has 2 atom stereocenters. The van der Waals surface area contributed by atoms with Gasteiger partial charge in [-0.1, -0.05) is 12.1 Å². The molecule has 0 saturated carbocycles. The van der Waals surface area contributed by atoms with Gasteiger partial charge in [-0.15, -0.1) is 0 Å². The molecule has 3 rings (SSSR count). The van der Waals surface area contributed by atoms with E-state index >= 15 is 0 Å². The van der Waals surface area contributed by atoms with Crippen LogP contribution in [0.4, 0.5) is 0 Å². The third-order valence-electron chi connectivity index (χ3n) is 4.83. The lowest BCUT2D eigenvalue weighted by molar-refractivity contribution is -0.0704. The predicted octanol–water partition coefficient (Wildman–Crippen LogP) is 3.11. The van der Waals surface area contributed by atoms with Gasteiger partial charge < -0.3 is 19.5 Å². The van der Waals surface area contributed by atoms with E-state index in [1.165, 1.54) is 5.56 Å². The number of nitrogens with one attached hydrogen (secondary N) is 1. The molecular formula is C23H30N2O4. The first-order valence-corrected chi connectivity index (χ1v) is 10.1. The number of methoxy groups -OCH3 is 1. The Morgan fingerprint density at radius 2 is 1.66 bits per heavy atom. The number of nitrogens with zero attached hydrogens (tertiary/aromatic N) is 1. The van der Waals surface area contributed by atoms with Gasteiger partial charge in [-0.05, 0) is 55.8 Å². The summed E-state index contributed by atoms with van der Waals surface area (Å²) in [6.07, 6.45) is 0.507. The number of ether oxygens (including phenoxy) is 3. The molecule has 1 N–H and O–H groups in total. The van der Waals surface area contributed by atoms with Crippen LogP contribution in [0.1, 0.15) is 29.8 Å². The summed E-state index contributed by atoms with van der Waals surface area (Å²) in [6.45, 7) is 7.79. The number of hydrogen-bond acceptors (Lipinski definition) is 5. The SMILES string of the molecule is COc1ccc(OCCNC(=O)c2ccc(CN3C[C@@H](C)O[C@H](C)C3)cc2)cc1. The largest absolute Gasteiger partial charge is 0.497 e. The molecule has 0 radical (unpaired) electrons. The van der Waals surface area contributed by atoms with E-state index < -0.39 is 0 Å². The molecule has 1 aliphatic rings. The number of rotatable bonds is 8. The van der Waals surface area contributed by atoms with Crippen molar-refractivity contribution >= 4 is 5.91 Å². The Morgan fingerprint density at radius 1 is 1.03 bits per heavy atom. The Balaban J connectivity index is 1.41. The quantitative estimate of drug-likeness (QED) is 0.693. The van der Waals surface area contributed by atoms with Crippen LogP contribution < -0.4 is 14.8 Å². The molecule has 0 bridgehead atoms. The van der Waals surface area contributed by atoms with Crippen molar-refractivity contribution in [3.05, 3.63) is 59.7 Å². The Bertz CT molecular complexity index is 766. The third kappa shape index (κ3) is 6.48. The Labute approximate surface area is 172 Å². The average Bonchev–Trinajstić information content (AvgIpc) is 2.71. The van der Waals surface area contributed by atoms with Gasteiger partial charge in [0.1, 0.15) is 18.1 Å². The predicted molar refractivity (Wildman–Crippen MR) is 113 cm³/mol. The Kier molecular flexibility index (Phi) is 7.49. The topological polar surface area (TPSA) is 60.0 Å². The number of carbonyl (C=O) groups is 1. The lowest BCUT2D eigenvalue weighted by Gasteiger charge is -2.35. The summed E-state index contributed by atoms with van der Waals surface area (Å²) in [6, 6.07) is 15.2. The fraction of sp³-hybridized carbons (Fsp3) is 0.435. The van der Waals surface area contributed by atoms with Crippen molar-refractivity contribution < 1.29 is 19.0 Å². The van der Waals surface area contributed by atoms with Gasteiger partial charge >= 0.3 is 0 Å². The molecule has 1 amide bonds. The lowest BCUT2D eigenvalue weighted by atomic mass is 10.1. The van der Waals surface area contributed by atoms with Crippen LogP contribution in [0.2, 0.25) is 0 Å². The van der Waals surface area contributed by atoms with Crippen molar-refractivity contribution in [1.82, 2.24) is 10.2 Å². The highest BCUT2D eigenvalue weighted by Crippen LogP contribution is 2.17. The molecule has 2 aromatic rings. The van der Waals surface area contributed by atoms with E-state index in [4.69, 9.17) is 14.2 Å². The first kappa shape index (κ1) is 21.1. The van der Waals surface area contributed by atoms with E-state index in [2.05, 4.69) is 24.1 Å². The van der Waals surface area contributed by atoms with Gasteiger partial charge in [-0.3, -0.25) is 9.69 Å². The molecule has 6 heteroatoms. The monoisotopic (exact) mass is 398 g/mol. The zero-order valence-electron chi connectivity index (χ0n) is 17.4. The molecule has 2 aromatic carbocycles. The van der Waals surface area contributed by atoms with Crippen molar-refractivity contribution in [2.24, 2.45) is 0 Å². The minimum absolute atomic E-state index is 0.0940. The van der Waals surface area contributed by atoms with Crippen LogP contribution in [0.25, 0.3) is 0 Å². The van der Waals surface area contributed by atoms with Crippen molar-refractivity contribution in [3.8, 4) is 11.5 Å². The molecule has 6 nitrogen and oxygen atoms in total. The molecular weight excluding hydrogens is 368 g/mol. The Hall–Kier alpha value is -2.57. The fourth-order valence-corrected chi connectivity index (χ4v) is 3.54. The maximum absolute atomic E-state index is 12.3. The third-order valence-corrected chi connectivity index (χ3v) is 4.83. The van der Waals surface area contributed by atoms with E-state index in [1.807, 2.05) is 48.5 Å². The number of amides is 1. The summed E-state index contributed by atoms with van der Waals surface area (Å²) in [4.78, 5) is 14.7. The molecule has 1 saturated heterocycles. The molecule has 1 fully saturated rings. The molecule has 156 valence electrons. The molecule has 0 spiro atoms. The number of benzene rings is 2. The zero-order chi connectivity index (χ0) is 20.6. The molecule has 1 heterocycles. The molecule has 0 aliphatic carbocycles. The smallest absolute Gasteiger partial charge is 0.251 e. The summed E-state index contributed by atoms with van der Waals surface area (Å²) in [5.41, 5.74) is 1.85. The summed E-state index contributed by atoms with van der Waals surface area (Å²) >= 11 is 0. The summed E-state index contributed by atoms with van der Waals surface area (Å²) in [5.74, 6) is 1.44. The fourth-order valence-electron chi connectivity index (χ4n) is 3.54. The van der Waals surface area contributed by atoms with Crippen LogP contribution in [0.5, 0.6) is 11.5 Å². The van der Waals surface area contributed by atoms with Crippen molar-refractivity contribution in [2.45, 2.75) is 32.6 Å². The van der Waals surface area contributed by atoms with Gasteiger partial charge in [-0.2, -0.15) is 0 Å². The normalized spacial score (nSPS) is 19.6. The van der Waals surface area contributed by atoms with Crippen LogP contribution in [-0.4, -0.2) is 56.4 Å². The van der Waals surface area contributed by atoms with Crippen LogP contribution in [0, 0.1) is 0 Å². The van der Waals surface area contributed by atoms with Gasteiger partial charge in [0.15, 0.2) is 0 Å². The molecule has 0 unspecified atom stereocenters. The second-order valence-corrected chi connectivity index (χ2v) is 7.43. The van der Waals surface area contributed by atoms with Crippen LogP contribution in [0.3, 0.4) is 0 Å². The van der Waals surface area contributed by atoms with Crippen molar-refractivity contribution in [2.75, 3.05) is 33.4 Å². The first-order chi connectivity index (χ1) is 14.0. The second kappa shape index (κ2) is 10.3.